The molecule has 0 radical (unpaired) electrons. The molecule has 0 N–H and O–H groups in total. The molecular weight excluding hydrogens is 227 g/mol. The van der Waals surface area contributed by atoms with Crippen LogP contribution in [0.4, 0.5) is 0 Å². The molecule has 1 rings (SSSR count). The maximum absolute atomic E-state index is 10.5. The van der Waals surface area contributed by atoms with E-state index in [1.807, 2.05) is 0 Å². The molecule has 0 bridgehead atoms. The Morgan fingerprint density at radius 1 is 1.22 bits per heavy atom. The fourth-order valence-corrected chi connectivity index (χ4v) is 2.02. The highest BCUT2D eigenvalue weighted by molar-refractivity contribution is 14.1. The monoisotopic (exact) mass is 238 g/mol. The van der Waals surface area contributed by atoms with E-state index in [9.17, 15) is 4.79 Å². The quantitative estimate of drug-likeness (QED) is 0.389. The highest BCUT2D eigenvalue weighted by Crippen LogP contribution is 2.34. The van der Waals surface area contributed by atoms with Crippen molar-refractivity contribution in [1.82, 2.24) is 0 Å². The summed E-state index contributed by atoms with van der Waals surface area (Å²) < 4.78 is 0.00993. The van der Waals surface area contributed by atoms with E-state index in [0.29, 0.717) is 0 Å². The number of halogens is 1. The Labute approximate surface area is 69.3 Å². The van der Waals surface area contributed by atoms with E-state index in [4.69, 9.17) is 0 Å². The first-order valence-electron chi connectivity index (χ1n) is 3.42. The van der Waals surface area contributed by atoms with Gasteiger partial charge in [0.2, 0.25) is 0 Å². The zero-order valence-corrected chi connectivity index (χ0v) is 7.56. The van der Waals surface area contributed by atoms with Gasteiger partial charge in [-0.1, -0.05) is 41.9 Å². The SMILES string of the molecule is O=CC1(I)CCCCC1. The first-order valence-corrected chi connectivity index (χ1v) is 4.50. The van der Waals surface area contributed by atoms with E-state index >= 15 is 0 Å². The van der Waals surface area contributed by atoms with E-state index in [1.54, 1.807) is 0 Å². The lowest BCUT2D eigenvalue weighted by Gasteiger charge is -2.25. The molecule has 0 aromatic carbocycles. The predicted molar refractivity (Wildman–Crippen MR) is 45.9 cm³/mol. The van der Waals surface area contributed by atoms with Gasteiger partial charge in [0.1, 0.15) is 6.29 Å². The summed E-state index contributed by atoms with van der Waals surface area (Å²) >= 11 is 2.29. The van der Waals surface area contributed by atoms with Crippen LogP contribution in [0.1, 0.15) is 32.1 Å². The summed E-state index contributed by atoms with van der Waals surface area (Å²) in [5.41, 5.74) is 0. The number of hydrogen-bond donors (Lipinski definition) is 0. The van der Waals surface area contributed by atoms with Gasteiger partial charge in [0.25, 0.3) is 0 Å². The molecule has 0 aliphatic heterocycles. The van der Waals surface area contributed by atoms with Gasteiger partial charge in [0.05, 0.1) is 3.42 Å². The van der Waals surface area contributed by atoms with Crippen molar-refractivity contribution in [2.75, 3.05) is 0 Å². The lowest BCUT2D eigenvalue weighted by Crippen LogP contribution is -2.25. The molecule has 0 saturated heterocycles. The summed E-state index contributed by atoms with van der Waals surface area (Å²) in [5, 5.41) is 0. The molecule has 0 amide bonds. The van der Waals surface area contributed by atoms with Crippen LogP contribution in [0, 0.1) is 0 Å². The van der Waals surface area contributed by atoms with E-state index < -0.39 is 0 Å². The second-order valence-electron chi connectivity index (χ2n) is 2.71. The molecule has 2 heteroatoms. The Hall–Kier alpha value is 0.400. The topological polar surface area (TPSA) is 17.1 Å². The van der Waals surface area contributed by atoms with Crippen molar-refractivity contribution in [3.05, 3.63) is 0 Å². The van der Waals surface area contributed by atoms with Gasteiger partial charge in [-0.25, -0.2) is 0 Å². The number of aldehydes is 1. The van der Waals surface area contributed by atoms with Crippen LogP contribution in [-0.4, -0.2) is 9.71 Å². The number of rotatable bonds is 1. The summed E-state index contributed by atoms with van der Waals surface area (Å²) in [7, 11) is 0. The van der Waals surface area contributed by atoms with Crippen LogP contribution in [-0.2, 0) is 4.79 Å². The second-order valence-corrected chi connectivity index (χ2v) is 4.86. The maximum Gasteiger partial charge on any atom is 0.135 e. The molecule has 1 fully saturated rings. The van der Waals surface area contributed by atoms with Gasteiger partial charge in [-0.2, -0.15) is 0 Å². The Kier molecular flexibility index (Phi) is 2.50. The molecule has 52 valence electrons. The van der Waals surface area contributed by atoms with Crippen LogP contribution in [0.5, 0.6) is 0 Å². The largest absolute Gasteiger partial charge is 0.302 e. The molecular formula is C7H11IO. The average molecular weight is 238 g/mol. The first-order chi connectivity index (χ1) is 4.27. The molecule has 0 aromatic rings. The molecule has 1 nitrogen and oxygen atoms in total. The van der Waals surface area contributed by atoms with Crippen LogP contribution < -0.4 is 0 Å². The average Bonchev–Trinajstić information content (AvgIpc) is 1.90. The zero-order chi connectivity index (χ0) is 6.74. The summed E-state index contributed by atoms with van der Waals surface area (Å²) in [6.45, 7) is 0. The van der Waals surface area contributed by atoms with Crippen LogP contribution in [0.3, 0.4) is 0 Å². The number of carbonyl (C=O) groups is 1. The Morgan fingerprint density at radius 3 is 2.11 bits per heavy atom. The molecule has 0 spiro atoms. The van der Waals surface area contributed by atoms with Crippen LogP contribution in [0.15, 0.2) is 0 Å². The minimum atomic E-state index is 0.00993. The fraction of sp³-hybridized carbons (Fsp3) is 0.857. The van der Waals surface area contributed by atoms with Crippen molar-refractivity contribution >= 4 is 28.9 Å². The van der Waals surface area contributed by atoms with E-state index in [1.165, 1.54) is 19.3 Å². The van der Waals surface area contributed by atoms with Crippen molar-refractivity contribution in [2.45, 2.75) is 35.5 Å². The van der Waals surface area contributed by atoms with Crippen molar-refractivity contribution in [3.8, 4) is 0 Å². The van der Waals surface area contributed by atoms with Crippen molar-refractivity contribution in [1.29, 1.82) is 0 Å². The molecule has 0 unspecified atom stereocenters. The molecule has 0 aromatic heterocycles. The standard InChI is InChI=1S/C7H11IO/c8-7(6-9)4-2-1-3-5-7/h6H,1-5H2. The van der Waals surface area contributed by atoms with Gasteiger partial charge in [-0.15, -0.1) is 0 Å². The minimum Gasteiger partial charge on any atom is -0.302 e. The van der Waals surface area contributed by atoms with Crippen LogP contribution >= 0.6 is 22.6 Å². The van der Waals surface area contributed by atoms with E-state index in [2.05, 4.69) is 22.6 Å². The zero-order valence-electron chi connectivity index (χ0n) is 5.40. The lowest BCUT2D eigenvalue weighted by molar-refractivity contribution is -0.110. The molecule has 0 heterocycles. The number of alkyl halides is 1. The van der Waals surface area contributed by atoms with E-state index in [0.717, 1.165) is 19.1 Å². The first kappa shape index (κ1) is 7.51. The number of hydrogen-bond acceptors (Lipinski definition) is 1. The van der Waals surface area contributed by atoms with Crippen molar-refractivity contribution < 1.29 is 4.79 Å². The normalized spacial score (nSPS) is 25.4. The molecule has 1 aliphatic rings. The van der Waals surface area contributed by atoms with Crippen molar-refractivity contribution in [3.63, 3.8) is 0 Å². The molecule has 1 saturated carbocycles. The van der Waals surface area contributed by atoms with Gasteiger partial charge in [-0.05, 0) is 12.8 Å². The predicted octanol–water partition coefficient (Wildman–Crippen LogP) is 2.32. The highest BCUT2D eigenvalue weighted by Gasteiger charge is 2.27. The Balaban J connectivity index is 2.46. The smallest absolute Gasteiger partial charge is 0.135 e. The van der Waals surface area contributed by atoms with Crippen LogP contribution in [0.2, 0.25) is 0 Å². The van der Waals surface area contributed by atoms with Gasteiger partial charge in [0, 0.05) is 0 Å². The third-order valence-corrected chi connectivity index (χ3v) is 3.23. The van der Waals surface area contributed by atoms with Gasteiger partial charge in [0.15, 0.2) is 0 Å². The summed E-state index contributed by atoms with van der Waals surface area (Å²) in [5.74, 6) is 0. The van der Waals surface area contributed by atoms with Gasteiger partial charge in [-0.3, -0.25) is 0 Å². The van der Waals surface area contributed by atoms with Gasteiger partial charge >= 0.3 is 0 Å². The molecule has 1 aliphatic carbocycles. The minimum absolute atomic E-state index is 0.00993. The molecule has 0 atom stereocenters. The third kappa shape index (κ3) is 1.92. The Morgan fingerprint density at radius 2 is 1.78 bits per heavy atom. The second kappa shape index (κ2) is 2.99. The summed E-state index contributed by atoms with van der Waals surface area (Å²) in [6.07, 6.45) is 7.10. The lowest BCUT2D eigenvalue weighted by atomic mass is 9.90. The fourth-order valence-electron chi connectivity index (χ4n) is 1.26. The van der Waals surface area contributed by atoms with Crippen molar-refractivity contribution in [2.24, 2.45) is 0 Å². The van der Waals surface area contributed by atoms with Gasteiger partial charge < -0.3 is 4.79 Å². The third-order valence-electron chi connectivity index (χ3n) is 1.90. The highest BCUT2D eigenvalue weighted by atomic mass is 127. The number of carbonyl (C=O) groups excluding carboxylic acids is 1. The summed E-state index contributed by atoms with van der Waals surface area (Å²) in [4.78, 5) is 10.5. The summed E-state index contributed by atoms with van der Waals surface area (Å²) in [6, 6.07) is 0. The Bertz CT molecular complexity index is 105. The van der Waals surface area contributed by atoms with Crippen LogP contribution in [0.25, 0.3) is 0 Å². The maximum atomic E-state index is 10.5. The van der Waals surface area contributed by atoms with E-state index in [-0.39, 0.29) is 3.42 Å². The molecule has 9 heavy (non-hydrogen) atoms.